The predicted octanol–water partition coefficient (Wildman–Crippen LogP) is 1.85. The van der Waals surface area contributed by atoms with Gasteiger partial charge >= 0.3 is 0 Å². The van der Waals surface area contributed by atoms with Crippen molar-refractivity contribution in [1.29, 1.82) is 0 Å². The quantitative estimate of drug-likeness (QED) is 0.760. The summed E-state index contributed by atoms with van der Waals surface area (Å²) >= 11 is 1.50. The normalized spacial score (nSPS) is 11.7. The molecule has 0 aliphatic rings. The molecule has 0 saturated heterocycles. The van der Waals surface area contributed by atoms with Crippen molar-refractivity contribution < 1.29 is 14.7 Å². The molecule has 1 atom stereocenters. The molecular formula is C16H18N2O3S. The van der Waals surface area contributed by atoms with Crippen molar-refractivity contribution in [3.8, 4) is 0 Å². The van der Waals surface area contributed by atoms with Gasteiger partial charge in [-0.2, -0.15) is 11.3 Å². The van der Waals surface area contributed by atoms with Crippen LogP contribution in [0.15, 0.2) is 41.1 Å². The fourth-order valence-electron chi connectivity index (χ4n) is 1.87. The highest BCUT2D eigenvalue weighted by molar-refractivity contribution is 7.07. The Morgan fingerprint density at radius 3 is 2.50 bits per heavy atom. The maximum atomic E-state index is 12.0. The molecule has 3 N–H and O–H groups in total. The van der Waals surface area contributed by atoms with E-state index in [0.29, 0.717) is 12.1 Å². The van der Waals surface area contributed by atoms with Gasteiger partial charge in [0.1, 0.15) is 0 Å². The zero-order valence-corrected chi connectivity index (χ0v) is 13.0. The van der Waals surface area contributed by atoms with E-state index in [1.54, 1.807) is 24.3 Å². The third-order valence-corrected chi connectivity index (χ3v) is 3.84. The zero-order chi connectivity index (χ0) is 15.9. The lowest BCUT2D eigenvalue weighted by Gasteiger charge is -2.11. The van der Waals surface area contributed by atoms with Crippen LogP contribution in [0.5, 0.6) is 0 Å². The summed E-state index contributed by atoms with van der Waals surface area (Å²) in [4.78, 5) is 22.8. The van der Waals surface area contributed by atoms with Crippen LogP contribution in [0.4, 0.5) is 0 Å². The first kappa shape index (κ1) is 16.2. The second kappa shape index (κ2) is 7.72. The number of nitrogens with one attached hydrogen (secondary N) is 2. The number of aliphatic hydroxyl groups is 1. The standard InChI is InChI=1S/C16H18N2O3S/c1-11(19)17-8-12-2-4-13(5-3-12)16(21)18-9-15(20)14-6-7-22-10-14/h2-7,10,15,20H,8-9H2,1H3,(H,17,19)(H,18,21). The second-order valence-corrected chi connectivity index (χ2v) is 5.67. The van der Waals surface area contributed by atoms with E-state index in [-0.39, 0.29) is 18.4 Å². The van der Waals surface area contributed by atoms with Crippen LogP contribution in [0.25, 0.3) is 0 Å². The molecule has 1 unspecified atom stereocenters. The molecule has 1 aromatic heterocycles. The molecule has 2 rings (SSSR count). The lowest BCUT2D eigenvalue weighted by atomic mass is 10.1. The molecule has 5 nitrogen and oxygen atoms in total. The Morgan fingerprint density at radius 1 is 1.18 bits per heavy atom. The number of carbonyl (C=O) groups excluding carboxylic acids is 2. The summed E-state index contributed by atoms with van der Waals surface area (Å²) in [5.41, 5.74) is 2.24. The predicted molar refractivity (Wildman–Crippen MR) is 85.6 cm³/mol. The third kappa shape index (κ3) is 4.68. The molecule has 116 valence electrons. The molecule has 0 saturated carbocycles. The molecule has 0 fully saturated rings. The van der Waals surface area contributed by atoms with Crippen LogP contribution < -0.4 is 10.6 Å². The monoisotopic (exact) mass is 318 g/mol. The van der Waals surface area contributed by atoms with Gasteiger partial charge in [0.05, 0.1) is 6.10 Å². The van der Waals surface area contributed by atoms with Crippen molar-refractivity contribution in [3.63, 3.8) is 0 Å². The van der Waals surface area contributed by atoms with Crippen molar-refractivity contribution in [1.82, 2.24) is 10.6 Å². The maximum Gasteiger partial charge on any atom is 0.251 e. The highest BCUT2D eigenvalue weighted by atomic mass is 32.1. The Morgan fingerprint density at radius 2 is 1.91 bits per heavy atom. The average molecular weight is 318 g/mol. The summed E-state index contributed by atoms with van der Waals surface area (Å²) < 4.78 is 0. The van der Waals surface area contributed by atoms with Crippen LogP contribution in [0.1, 0.15) is 34.5 Å². The van der Waals surface area contributed by atoms with Gasteiger partial charge in [-0.05, 0) is 40.1 Å². The van der Waals surface area contributed by atoms with Crippen LogP contribution in [0, 0.1) is 0 Å². The minimum Gasteiger partial charge on any atom is -0.387 e. The van der Waals surface area contributed by atoms with Crippen molar-refractivity contribution >= 4 is 23.2 Å². The highest BCUT2D eigenvalue weighted by Crippen LogP contribution is 2.15. The number of carbonyl (C=O) groups is 2. The minimum absolute atomic E-state index is 0.0933. The van der Waals surface area contributed by atoms with Crippen molar-refractivity contribution in [2.24, 2.45) is 0 Å². The maximum absolute atomic E-state index is 12.0. The van der Waals surface area contributed by atoms with Crippen LogP contribution in [0.2, 0.25) is 0 Å². The molecular weight excluding hydrogens is 300 g/mol. The SMILES string of the molecule is CC(=O)NCc1ccc(C(=O)NCC(O)c2ccsc2)cc1. The van der Waals surface area contributed by atoms with Gasteiger partial charge in [0.25, 0.3) is 5.91 Å². The number of benzene rings is 1. The molecule has 2 aromatic rings. The first-order valence-electron chi connectivity index (χ1n) is 6.88. The van der Waals surface area contributed by atoms with Crippen LogP contribution in [-0.4, -0.2) is 23.5 Å². The van der Waals surface area contributed by atoms with E-state index < -0.39 is 6.10 Å². The lowest BCUT2D eigenvalue weighted by Crippen LogP contribution is -2.28. The molecule has 0 aliphatic heterocycles. The Hall–Kier alpha value is -2.18. The van der Waals surface area contributed by atoms with E-state index in [2.05, 4.69) is 10.6 Å². The van der Waals surface area contributed by atoms with E-state index in [9.17, 15) is 14.7 Å². The Kier molecular flexibility index (Phi) is 5.68. The summed E-state index contributed by atoms with van der Waals surface area (Å²) in [5.74, 6) is -0.329. The minimum atomic E-state index is -0.700. The summed E-state index contributed by atoms with van der Waals surface area (Å²) in [5, 5.41) is 19.1. The average Bonchev–Trinajstić information content (AvgIpc) is 3.05. The van der Waals surface area contributed by atoms with Gasteiger partial charge in [-0.25, -0.2) is 0 Å². The molecule has 0 bridgehead atoms. The summed E-state index contributed by atoms with van der Waals surface area (Å²) in [6.07, 6.45) is -0.700. The van der Waals surface area contributed by atoms with Gasteiger partial charge in [-0.1, -0.05) is 12.1 Å². The van der Waals surface area contributed by atoms with Gasteiger partial charge in [-0.3, -0.25) is 9.59 Å². The van der Waals surface area contributed by atoms with Crippen LogP contribution in [-0.2, 0) is 11.3 Å². The molecule has 22 heavy (non-hydrogen) atoms. The topological polar surface area (TPSA) is 78.4 Å². The number of hydrogen-bond donors (Lipinski definition) is 3. The van der Waals surface area contributed by atoms with E-state index in [4.69, 9.17) is 0 Å². The number of hydrogen-bond acceptors (Lipinski definition) is 4. The van der Waals surface area contributed by atoms with E-state index in [0.717, 1.165) is 11.1 Å². The van der Waals surface area contributed by atoms with Crippen LogP contribution >= 0.6 is 11.3 Å². The molecule has 2 amide bonds. The smallest absolute Gasteiger partial charge is 0.251 e. The summed E-state index contributed by atoms with van der Waals surface area (Å²) in [6.45, 7) is 2.07. The van der Waals surface area contributed by atoms with Crippen molar-refractivity contribution in [3.05, 3.63) is 57.8 Å². The first-order chi connectivity index (χ1) is 10.6. The van der Waals surface area contributed by atoms with Gasteiger partial charge in [0.15, 0.2) is 0 Å². The number of rotatable bonds is 6. The molecule has 1 heterocycles. The molecule has 0 spiro atoms. The Bertz CT molecular complexity index is 623. The molecule has 0 aliphatic carbocycles. The van der Waals surface area contributed by atoms with Gasteiger partial charge in [-0.15, -0.1) is 0 Å². The fourth-order valence-corrected chi connectivity index (χ4v) is 2.58. The number of thiophene rings is 1. The highest BCUT2D eigenvalue weighted by Gasteiger charge is 2.11. The fraction of sp³-hybridized carbons (Fsp3) is 0.250. The van der Waals surface area contributed by atoms with E-state index in [1.165, 1.54) is 18.3 Å². The molecule has 1 aromatic carbocycles. The Balaban J connectivity index is 1.85. The largest absolute Gasteiger partial charge is 0.387 e. The Labute approximate surface area is 133 Å². The van der Waals surface area contributed by atoms with Gasteiger partial charge in [0, 0.05) is 25.6 Å². The van der Waals surface area contributed by atoms with Gasteiger partial charge < -0.3 is 15.7 Å². The third-order valence-electron chi connectivity index (χ3n) is 3.14. The first-order valence-corrected chi connectivity index (χ1v) is 7.82. The number of aliphatic hydroxyl groups excluding tert-OH is 1. The van der Waals surface area contributed by atoms with Crippen LogP contribution in [0.3, 0.4) is 0 Å². The van der Waals surface area contributed by atoms with E-state index in [1.807, 2.05) is 16.8 Å². The summed E-state index contributed by atoms with van der Waals surface area (Å²) in [7, 11) is 0. The zero-order valence-electron chi connectivity index (χ0n) is 12.2. The second-order valence-electron chi connectivity index (χ2n) is 4.89. The summed E-state index contributed by atoms with van der Waals surface area (Å²) in [6, 6.07) is 8.81. The molecule has 6 heteroatoms. The molecule has 0 radical (unpaired) electrons. The van der Waals surface area contributed by atoms with E-state index >= 15 is 0 Å². The lowest BCUT2D eigenvalue weighted by molar-refractivity contribution is -0.119. The van der Waals surface area contributed by atoms with Crippen molar-refractivity contribution in [2.45, 2.75) is 19.6 Å². The van der Waals surface area contributed by atoms with Crippen molar-refractivity contribution in [2.75, 3.05) is 6.54 Å². The van der Waals surface area contributed by atoms with Gasteiger partial charge in [0.2, 0.25) is 5.91 Å². The number of amides is 2.